The first-order valence-corrected chi connectivity index (χ1v) is 13.3. The largest absolute Gasteiger partial charge is 0.493 e. The van der Waals surface area contributed by atoms with Crippen molar-refractivity contribution in [3.05, 3.63) is 89.7 Å². The predicted molar refractivity (Wildman–Crippen MR) is 144 cm³/mol. The molecule has 5 rings (SSSR count). The Hall–Kier alpha value is -3.38. The fourth-order valence-electron chi connectivity index (χ4n) is 5.72. The summed E-state index contributed by atoms with van der Waals surface area (Å²) in [4.78, 5) is 16.8. The molecule has 1 unspecified atom stereocenters. The average Bonchev–Trinajstić information content (AvgIpc) is 3.44. The van der Waals surface area contributed by atoms with Crippen molar-refractivity contribution in [2.45, 2.75) is 50.3 Å². The summed E-state index contributed by atoms with van der Waals surface area (Å²) in [5.41, 5.74) is 2.69. The zero-order valence-corrected chi connectivity index (χ0v) is 21.4. The lowest BCUT2D eigenvalue weighted by atomic mass is 9.97. The Bertz CT molecular complexity index is 1180. The van der Waals surface area contributed by atoms with Crippen LogP contribution in [-0.4, -0.2) is 50.1 Å². The molecule has 6 heteroatoms. The van der Waals surface area contributed by atoms with Gasteiger partial charge in [0.1, 0.15) is 12.1 Å². The van der Waals surface area contributed by atoms with E-state index in [0.29, 0.717) is 18.7 Å². The molecule has 0 radical (unpaired) electrons. The van der Waals surface area contributed by atoms with Crippen LogP contribution in [0.1, 0.15) is 42.9 Å². The Morgan fingerprint density at radius 3 is 2.46 bits per heavy atom. The third-order valence-electron chi connectivity index (χ3n) is 7.66. The predicted octanol–water partition coefficient (Wildman–Crippen LogP) is 5.83. The molecule has 3 aromatic carbocycles. The highest BCUT2D eigenvalue weighted by atomic mass is 19.1. The minimum Gasteiger partial charge on any atom is -0.493 e. The number of anilines is 1. The standard InChI is InChI=1S/C31H35FN2O3/c1-36-30-16-15-24(20-31(30)37-26-11-5-6-12-26)33-17-18-34(25(21-33)19-23-9-3-2-4-10-23)29(22-35)27-13-7-8-14-28(27)32/h2-4,7-10,13-16,20,22,25-26,29H,5-6,11-12,17-19,21H2,1H3/t25?,29-/m1/s1. The van der Waals surface area contributed by atoms with Crippen LogP contribution in [0.2, 0.25) is 0 Å². The molecule has 5 nitrogen and oxygen atoms in total. The number of piperazine rings is 1. The van der Waals surface area contributed by atoms with Crippen molar-refractivity contribution < 1.29 is 18.7 Å². The molecule has 0 amide bonds. The molecule has 1 heterocycles. The minimum atomic E-state index is -0.630. The second-order valence-corrected chi connectivity index (χ2v) is 9.99. The molecular formula is C31H35FN2O3. The zero-order valence-electron chi connectivity index (χ0n) is 21.4. The number of rotatable bonds is 9. The topological polar surface area (TPSA) is 42.0 Å². The maximum atomic E-state index is 14.7. The Kier molecular flexibility index (Phi) is 8.05. The zero-order chi connectivity index (χ0) is 25.6. The molecule has 0 N–H and O–H groups in total. The van der Waals surface area contributed by atoms with Crippen LogP contribution in [-0.2, 0) is 11.2 Å². The van der Waals surface area contributed by atoms with Crippen molar-refractivity contribution in [3.8, 4) is 11.5 Å². The highest BCUT2D eigenvalue weighted by molar-refractivity contribution is 5.62. The van der Waals surface area contributed by atoms with E-state index in [1.165, 1.54) is 24.5 Å². The molecule has 1 saturated heterocycles. The maximum absolute atomic E-state index is 14.7. The second-order valence-electron chi connectivity index (χ2n) is 9.99. The van der Waals surface area contributed by atoms with Crippen molar-refractivity contribution in [3.63, 3.8) is 0 Å². The van der Waals surface area contributed by atoms with Crippen LogP contribution in [0, 0.1) is 5.82 Å². The molecule has 0 spiro atoms. The van der Waals surface area contributed by atoms with Crippen LogP contribution in [0.15, 0.2) is 72.8 Å². The highest BCUT2D eigenvalue weighted by Crippen LogP contribution is 2.36. The lowest BCUT2D eigenvalue weighted by Gasteiger charge is -2.45. The first kappa shape index (κ1) is 25.3. The van der Waals surface area contributed by atoms with Gasteiger partial charge in [0.05, 0.1) is 19.3 Å². The molecule has 0 bridgehead atoms. The van der Waals surface area contributed by atoms with Crippen LogP contribution in [0.25, 0.3) is 0 Å². The summed E-state index contributed by atoms with van der Waals surface area (Å²) in [5.74, 6) is 1.19. The Balaban J connectivity index is 1.42. The summed E-state index contributed by atoms with van der Waals surface area (Å²) in [6, 6.07) is 22.4. The van der Waals surface area contributed by atoms with E-state index in [0.717, 1.165) is 49.3 Å². The summed E-state index contributed by atoms with van der Waals surface area (Å²) in [6.45, 7) is 2.07. The van der Waals surface area contributed by atoms with Crippen LogP contribution in [0.3, 0.4) is 0 Å². The lowest BCUT2D eigenvalue weighted by Crippen LogP contribution is -2.55. The van der Waals surface area contributed by atoms with Crippen molar-refractivity contribution in [1.29, 1.82) is 0 Å². The van der Waals surface area contributed by atoms with Gasteiger partial charge >= 0.3 is 0 Å². The molecule has 2 atom stereocenters. The molecular weight excluding hydrogens is 467 g/mol. The Morgan fingerprint density at radius 2 is 1.73 bits per heavy atom. The highest BCUT2D eigenvalue weighted by Gasteiger charge is 2.34. The van der Waals surface area contributed by atoms with E-state index in [1.54, 1.807) is 25.3 Å². The summed E-state index contributed by atoms with van der Waals surface area (Å²) >= 11 is 0. The van der Waals surface area contributed by atoms with Crippen molar-refractivity contribution in [2.75, 3.05) is 31.6 Å². The molecule has 2 fully saturated rings. The molecule has 1 saturated carbocycles. The smallest absolute Gasteiger partial charge is 0.163 e. The van der Waals surface area contributed by atoms with Gasteiger partial charge in [0.25, 0.3) is 0 Å². The number of nitrogens with zero attached hydrogens (tertiary/aromatic N) is 2. The van der Waals surface area contributed by atoms with Crippen LogP contribution in [0.5, 0.6) is 11.5 Å². The number of carbonyl (C=O) groups is 1. The van der Waals surface area contributed by atoms with Gasteiger partial charge in [0.2, 0.25) is 0 Å². The normalized spacial score (nSPS) is 19.5. The molecule has 0 aromatic heterocycles. The van der Waals surface area contributed by atoms with Gasteiger partial charge < -0.3 is 19.2 Å². The Morgan fingerprint density at radius 1 is 0.973 bits per heavy atom. The minimum absolute atomic E-state index is 0.0206. The SMILES string of the molecule is COc1ccc(N2CCN([C@H](C=O)c3ccccc3F)C(Cc3ccccc3)C2)cc1OC1CCCC1. The van der Waals surface area contributed by atoms with Gasteiger partial charge in [-0.1, -0.05) is 48.5 Å². The first-order chi connectivity index (χ1) is 18.2. The quantitative estimate of drug-likeness (QED) is 0.345. The van der Waals surface area contributed by atoms with Crippen molar-refractivity contribution in [1.82, 2.24) is 4.90 Å². The number of hydrogen-bond donors (Lipinski definition) is 0. The number of ether oxygens (including phenoxy) is 2. The molecule has 1 aliphatic carbocycles. The van der Waals surface area contributed by atoms with Gasteiger partial charge in [-0.15, -0.1) is 0 Å². The number of hydrogen-bond acceptors (Lipinski definition) is 5. The summed E-state index contributed by atoms with van der Waals surface area (Å²) in [6.07, 6.45) is 6.44. The maximum Gasteiger partial charge on any atom is 0.163 e. The van der Waals surface area contributed by atoms with E-state index in [-0.39, 0.29) is 18.0 Å². The van der Waals surface area contributed by atoms with E-state index >= 15 is 0 Å². The fourth-order valence-corrected chi connectivity index (χ4v) is 5.72. The molecule has 1 aliphatic heterocycles. The van der Waals surface area contributed by atoms with E-state index < -0.39 is 6.04 Å². The van der Waals surface area contributed by atoms with Crippen molar-refractivity contribution >= 4 is 12.0 Å². The van der Waals surface area contributed by atoms with Crippen LogP contribution in [0.4, 0.5) is 10.1 Å². The molecule has 2 aliphatic rings. The van der Waals surface area contributed by atoms with E-state index in [9.17, 15) is 9.18 Å². The summed E-state index contributed by atoms with van der Waals surface area (Å²) < 4.78 is 26.7. The number of carbonyl (C=O) groups excluding carboxylic acids is 1. The number of benzene rings is 3. The van der Waals surface area contributed by atoms with Gasteiger partial charge in [-0.3, -0.25) is 4.90 Å². The van der Waals surface area contributed by atoms with Gasteiger partial charge in [-0.2, -0.15) is 0 Å². The first-order valence-electron chi connectivity index (χ1n) is 13.3. The van der Waals surface area contributed by atoms with E-state index in [1.807, 2.05) is 24.3 Å². The number of methoxy groups -OCH3 is 1. The van der Waals surface area contributed by atoms with Gasteiger partial charge in [-0.05, 0) is 55.9 Å². The summed E-state index contributed by atoms with van der Waals surface area (Å²) in [5, 5.41) is 0. The van der Waals surface area contributed by atoms with Gasteiger partial charge in [0, 0.05) is 43.0 Å². The Labute approximate surface area is 218 Å². The third-order valence-corrected chi connectivity index (χ3v) is 7.66. The monoisotopic (exact) mass is 502 g/mol. The fraction of sp³-hybridized carbons (Fsp3) is 0.387. The van der Waals surface area contributed by atoms with Crippen LogP contribution >= 0.6 is 0 Å². The van der Waals surface area contributed by atoms with Gasteiger partial charge in [0.15, 0.2) is 11.5 Å². The van der Waals surface area contributed by atoms with Gasteiger partial charge in [-0.25, -0.2) is 4.39 Å². The van der Waals surface area contributed by atoms with Crippen molar-refractivity contribution in [2.24, 2.45) is 0 Å². The van der Waals surface area contributed by atoms with Crippen LogP contribution < -0.4 is 14.4 Å². The molecule has 194 valence electrons. The average molecular weight is 503 g/mol. The molecule has 3 aromatic rings. The van der Waals surface area contributed by atoms with E-state index in [4.69, 9.17) is 9.47 Å². The van der Waals surface area contributed by atoms with E-state index in [2.05, 4.69) is 34.1 Å². The number of aldehydes is 1. The second kappa shape index (κ2) is 11.8. The molecule has 37 heavy (non-hydrogen) atoms. The third kappa shape index (κ3) is 5.80. The summed E-state index contributed by atoms with van der Waals surface area (Å²) in [7, 11) is 1.67. The lowest BCUT2D eigenvalue weighted by molar-refractivity contribution is -0.113. The number of halogens is 1.